The van der Waals surface area contributed by atoms with Crippen LogP contribution in [0.15, 0.2) is 29.4 Å². The maximum absolute atomic E-state index is 13.0. The lowest BCUT2D eigenvalue weighted by Crippen LogP contribution is -2.46. The number of hydrogen-bond donors (Lipinski definition) is 0. The monoisotopic (exact) mass is 404 g/mol. The van der Waals surface area contributed by atoms with Crippen molar-refractivity contribution in [2.75, 3.05) is 13.1 Å². The van der Waals surface area contributed by atoms with Gasteiger partial charge in [-0.1, -0.05) is 6.07 Å². The van der Waals surface area contributed by atoms with E-state index in [1.165, 1.54) is 5.56 Å². The molecule has 6 nitrogen and oxygen atoms in total. The van der Waals surface area contributed by atoms with Gasteiger partial charge in [0.1, 0.15) is 5.69 Å². The third kappa shape index (κ3) is 3.18. The topological polar surface area (TPSA) is 67.6 Å². The Kier molecular flexibility index (Phi) is 4.24. The first kappa shape index (κ1) is 19.2. The molecule has 2 aliphatic heterocycles. The molecule has 0 unspecified atom stereocenters. The van der Waals surface area contributed by atoms with Crippen LogP contribution in [0.3, 0.4) is 0 Å². The van der Waals surface area contributed by atoms with Crippen molar-refractivity contribution in [2.45, 2.75) is 58.5 Å². The first-order valence-electron chi connectivity index (χ1n) is 10.8. The van der Waals surface area contributed by atoms with Gasteiger partial charge in [0.15, 0.2) is 5.78 Å². The molecule has 3 heterocycles. The first-order valence-corrected chi connectivity index (χ1v) is 10.8. The van der Waals surface area contributed by atoms with Gasteiger partial charge in [-0.2, -0.15) is 5.10 Å². The number of benzene rings is 1. The van der Waals surface area contributed by atoms with Crippen molar-refractivity contribution >= 4 is 17.9 Å². The van der Waals surface area contributed by atoms with E-state index < -0.39 is 0 Å². The molecule has 0 atom stereocenters. The Morgan fingerprint density at radius 1 is 1.10 bits per heavy atom. The smallest absolute Gasteiger partial charge is 0.253 e. The van der Waals surface area contributed by atoms with Crippen molar-refractivity contribution in [1.29, 1.82) is 0 Å². The zero-order valence-corrected chi connectivity index (χ0v) is 17.9. The predicted octanol–water partition coefficient (Wildman–Crippen LogP) is 3.62. The lowest BCUT2D eigenvalue weighted by Gasteiger charge is -2.43. The van der Waals surface area contributed by atoms with E-state index in [4.69, 9.17) is 0 Å². The second kappa shape index (κ2) is 6.62. The molecule has 1 saturated heterocycles. The van der Waals surface area contributed by atoms with Gasteiger partial charge in [0.2, 0.25) is 0 Å². The van der Waals surface area contributed by atoms with Gasteiger partial charge >= 0.3 is 0 Å². The number of carbonyl (C=O) groups is 2. The molecule has 0 bridgehead atoms. The molecule has 1 spiro atoms. The molecule has 0 N–H and O–H groups in total. The molecular formula is C24H28N4O2. The number of piperidine rings is 1. The molecule has 2 aromatic rings. The second-order valence-electron chi connectivity index (χ2n) is 10.1. The molecule has 0 saturated carbocycles. The average molecular weight is 405 g/mol. The molecule has 3 aliphatic rings. The summed E-state index contributed by atoms with van der Waals surface area (Å²) in [7, 11) is 0. The Hall–Kier alpha value is -2.76. The van der Waals surface area contributed by atoms with E-state index in [0.717, 1.165) is 36.0 Å². The molecule has 6 heteroatoms. The molecule has 1 fully saturated rings. The van der Waals surface area contributed by atoms with Gasteiger partial charge in [0, 0.05) is 43.0 Å². The van der Waals surface area contributed by atoms with Crippen LogP contribution in [0.2, 0.25) is 0 Å². The van der Waals surface area contributed by atoms with Gasteiger partial charge in [-0.15, -0.1) is 0 Å². The van der Waals surface area contributed by atoms with Crippen LogP contribution in [0, 0.1) is 5.41 Å². The molecule has 156 valence electrons. The van der Waals surface area contributed by atoms with Crippen molar-refractivity contribution in [2.24, 2.45) is 10.4 Å². The maximum atomic E-state index is 13.0. The molecule has 1 aromatic carbocycles. The van der Waals surface area contributed by atoms with Gasteiger partial charge in [0.05, 0.1) is 12.1 Å². The summed E-state index contributed by atoms with van der Waals surface area (Å²) < 4.78 is 1.92. The highest BCUT2D eigenvalue weighted by Crippen LogP contribution is 2.43. The third-order valence-electron chi connectivity index (χ3n) is 6.84. The largest absolute Gasteiger partial charge is 0.339 e. The van der Waals surface area contributed by atoms with E-state index in [9.17, 15) is 9.59 Å². The van der Waals surface area contributed by atoms with Crippen LogP contribution >= 0.6 is 0 Å². The van der Waals surface area contributed by atoms with E-state index >= 15 is 0 Å². The molecule has 1 aliphatic carbocycles. The summed E-state index contributed by atoms with van der Waals surface area (Å²) >= 11 is 0. The van der Waals surface area contributed by atoms with E-state index in [0.29, 0.717) is 31.7 Å². The van der Waals surface area contributed by atoms with Crippen LogP contribution in [0.1, 0.15) is 77.6 Å². The Labute approximate surface area is 177 Å². The summed E-state index contributed by atoms with van der Waals surface area (Å²) in [5.74, 6) is 0.230. The van der Waals surface area contributed by atoms with Crippen molar-refractivity contribution in [3.63, 3.8) is 0 Å². The fourth-order valence-corrected chi connectivity index (χ4v) is 4.96. The number of hydrogen-bond acceptors (Lipinski definition) is 4. The van der Waals surface area contributed by atoms with Gasteiger partial charge < -0.3 is 4.90 Å². The number of Topliss-reactive ketones (excluding diaryl/α,β-unsaturated/α-hetero) is 1. The number of nitrogens with zero attached hydrogens (tertiary/aromatic N) is 4. The van der Waals surface area contributed by atoms with Crippen LogP contribution in [-0.2, 0) is 18.5 Å². The fraction of sp³-hybridized carbons (Fsp3) is 0.500. The summed E-state index contributed by atoms with van der Waals surface area (Å²) in [5.41, 5.74) is 4.49. The summed E-state index contributed by atoms with van der Waals surface area (Å²) in [4.78, 5) is 32.1. The number of aromatic nitrogens is 2. The number of aliphatic imine (C=N–C) groups is 1. The molecule has 1 aromatic heterocycles. The van der Waals surface area contributed by atoms with Gasteiger partial charge in [-0.25, -0.2) is 0 Å². The Morgan fingerprint density at radius 3 is 2.60 bits per heavy atom. The highest BCUT2D eigenvalue weighted by Gasteiger charge is 2.43. The molecule has 30 heavy (non-hydrogen) atoms. The number of rotatable bonds is 1. The summed E-state index contributed by atoms with van der Waals surface area (Å²) in [5, 5.41) is 4.58. The number of ketones is 1. The van der Waals surface area contributed by atoms with Gasteiger partial charge in [-0.3, -0.25) is 19.3 Å². The highest BCUT2D eigenvalue weighted by molar-refractivity contribution is 5.98. The van der Waals surface area contributed by atoms with Crippen LogP contribution < -0.4 is 0 Å². The van der Waals surface area contributed by atoms with Crippen LogP contribution in [0.5, 0.6) is 0 Å². The minimum absolute atomic E-state index is 0.0444. The lowest BCUT2D eigenvalue weighted by atomic mass is 9.67. The SMILES string of the molecule is CC(C)(C)n1cc2c(n1)C(=O)CC1(CCN(C(=O)c3ccc4c(c3)C=NC4)CC1)C2. The number of fused-ring (bicyclic) bond motifs is 2. The molecule has 1 amide bonds. The van der Waals surface area contributed by atoms with Crippen LogP contribution in [0.4, 0.5) is 0 Å². The van der Waals surface area contributed by atoms with Crippen LogP contribution in [-0.4, -0.2) is 45.7 Å². The Bertz CT molecular complexity index is 1070. The zero-order chi connectivity index (χ0) is 21.1. The second-order valence-corrected chi connectivity index (χ2v) is 10.1. The Balaban J connectivity index is 1.31. The molecular weight excluding hydrogens is 376 g/mol. The summed E-state index contributed by atoms with van der Waals surface area (Å²) in [6.07, 6.45) is 7.03. The quantitative estimate of drug-likeness (QED) is 0.729. The lowest BCUT2D eigenvalue weighted by molar-refractivity contribution is 0.0520. The van der Waals surface area contributed by atoms with Crippen molar-refractivity contribution in [3.05, 3.63) is 52.3 Å². The number of amides is 1. The molecule has 5 rings (SSSR count). The fourth-order valence-electron chi connectivity index (χ4n) is 4.96. The normalized spacial score (nSPS) is 19.8. The minimum atomic E-state index is -0.138. The van der Waals surface area contributed by atoms with Gasteiger partial charge in [0.25, 0.3) is 5.91 Å². The Morgan fingerprint density at radius 2 is 1.87 bits per heavy atom. The molecule has 0 radical (unpaired) electrons. The highest BCUT2D eigenvalue weighted by atomic mass is 16.2. The summed E-state index contributed by atoms with van der Waals surface area (Å²) in [6.45, 7) is 8.39. The maximum Gasteiger partial charge on any atom is 0.253 e. The van der Waals surface area contributed by atoms with E-state index in [2.05, 4.69) is 37.1 Å². The minimum Gasteiger partial charge on any atom is -0.339 e. The number of likely N-dealkylation sites (tertiary alicyclic amines) is 1. The van der Waals surface area contributed by atoms with Crippen molar-refractivity contribution in [1.82, 2.24) is 14.7 Å². The van der Waals surface area contributed by atoms with E-state index in [1.807, 2.05) is 34.0 Å². The van der Waals surface area contributed by atoms with E-state index in [-0.39, 0.29) is 22.6 Å². The van der Waals surface area contributed by atoms with Crippen molar-refractivity contribution < 1.29 is 9.59 Å². The standard InChI is InChI=1S/C24H28N4O2/c1-23(2,3)28-15-19-11-24(12-20(29)21(19)26-28)6-8-27(9-7-24)22(30)16-4-5-17-13-25-14-18(17)10-16/h4-5,10,14-15H,6-9,11-13H2,1-3H3. The average Bonchev–Trinajstić information content (AvgIpc) is 3.34. The summed E-state index contributed by atoms with van der Waals surface area (Å²) in [6, 6.07) is 5.88. The zero-order valence-electron chi connectivity index (χ0n) is 17.9. The third-order valence-corrected chi connectivity index (χ3v) is 6.84. The first-order chi connectivity index (χ1) is 14.2. The predicted molar refractivity (Wildman–Crippen MR) is 115 cm³/mol. The van der Waals surface area contributed by atoms with Crippen molar-refractivity contribution in [3.8, 4) is 0 Å². The van der Waals surface area contributed by atoms with Crippen LogP contribution in [0.25, 0.3) is 0 Å². The number of carbonyl (C=O) groups excluding carboxylic acids is 2. The van der Waals surface area contributed by atoms with Gasteiger partial charge in [-0.05, 0) is 68.7 Å². The van der Waals surface area contributed by atoms with E-state index in [1.54, 1.807) is 0 Å².